The normalized spacial score (nSPS) is 14.7. The van der Waals surface area contributed by atoms with Crippen LogP contribution in [-0.4, -0.2) is 24.8 Å². The summed E-state index contributed by atoms with van der Waals surface area (Å²) in [6.07, 6.45) is 1.68. The van der Waals surface area contributed by atoms with E-state index in [1.807, 2.05) is 48.5 Å². The molecule has 0 spiro atoms. The maximum atomic E-state index is 13.3. The van der Waals surface area contributed by atoms with Gasteiger partial charge in [0.1, 0.15) is 11.5 Å². The summed E-state index contributed by atoms with van der Waals surface area (Å²) < 4.78 is 4.71. The Morgan fingerprint density at radius 2 is 1.63 bits per heavy atom. The summed E-state index contributed by atoms with van der Waals surface area (Å²) in [6, 6.07) is 23.3. The number of methoxy groups -OCH3 is 1. The number of esters is 1. The Balaban J connectivity index is 1.77. The number of amidine groups is 1. The van der Waals surface area contributed by atoms with E-state index in [2.05, 4.69) is 4.99 Å². The number of para-hydroxylation sites is 1. The smallest absolute Gasteiger partial charge is 0.337 e. The highest BCUT2D eigenvalue weighted by atomic mass is 35.5. The monoisotopic (exact) mass is 416 g/mol. The summed E-state index contributed by atoms with van der Waals surface area (Å²) in [5, 5.41) is 0.508. The van der Waals surface area contributed by atoms with Gasteiger partial charge in [0, 0.05) is 5.56 Å². The molecule has 5 nitrogen and oxygen atoms in total. The Morgan fingerprint density at radius 3 is 2.30 bits per heavy atom. The molecule has 6 heteroatoms. The third-order valence-electron chi connectivity index (χ3n) is 4.62. The third kappa shape index (κ3) is 3.75. The molecule has 0 N–H and O–H groups in total. The lowest BCUT2D eigenvalue weighted by molar-refractivity contribution is -0.113. The molecule has 0 aromatic heterocycles. The fraction of sp³-hybridized carbons (Fsp3) is 0.0417. The first-order valence-corrected chi connectivity index (χ1v) is 9.59. The summed E-state index contributed by atoms with van der Waals surface area (Å²) in [5.41, 5.74) is 2.82. The van der Waals surface area contributed by atoms with E-state index in [9.17, 15) is 9.59 Å². The van der Waals surface area contributed by atoms with Crippen LogP contribution in [0.4, 0.5) is 5.69 Å². The van der Waals surface area contributed by atoms with E-state index in [4.69, 9.17) is 16.3 Å². The Kier molecular flexibility index (Phi) is 5.46. The molecule has 3 aromatic carbocycles. The zero-order chi connectivity index (χ0) is 21.1. The number of nitrogens with zero attached hydrogens (tertiary/aromatic N) is 2. The van der Waals surface area contributed by atoms with Crippen molar-refractivity contribution in [1.82, 2.24) is 0 Å². The Labute approximate surface area is 178 Å². The zero-order valence-corrected chi connectivity index (χ0v) is 16.8. The van der Waals surface area contributed by atoms with Gasteiger partial charge in [-0.3, -0.25) is 9.69 Å². The average molecular weight is 417 g/mol. The van der Waals surface area contributed by atoms with Crippen LogP contribution in [0, 0.1) is 0 Å². The molecule has 30 heavy (non-hydrogen) atoms. The summed E-state index contributed by atoms with van der Waals surface area (Å²) in [6.45, 7) is 0. The number of benzene rings is 3. The fourth-order valence-electron chi connectivity index (χ4n) is 3.15. The molecule has 148 valence electrons. The van der Waals surface area contributed by atoms with Crippen molar-refractivity contribution in [2.45, 2.75) is 0 Å². The first-order valence-electron chi connectivity index (χ1n) is 9.21. The molecular weight excluding hydrogens is 400 g/mol. The number of hydrogen-bond acceptors (Lipinski definition) is 4. The van der Waals surface area contributed by atoms with Gasteiger partial charge < -0.3 is 4.74 Å². The van der Waals surface area contributed by atoms with Gasteiger partial charge in [-0.25, -0.2) is 9.79 Å². The molecule has 0 atom stereocenters. The Hall–Kier alpha value is -3.70. The lowest BCUT2D eigenvalue weighted by Crippen LogP contribution is -2.32. The van der Waals surface area contributed by atoms with Gasteiger partial charge >= 0.3 is 5.97 Å². The van der Waals surface area contributed by atoms with Crippen LogP contribution < -0.4 is 4.90 Å². The van der Waals surface area contributed by atoms with Gasteiger partial charge in [-0.15, -0.1) is 0 Å². The number of hydrogen-bond donors (Lipinski definition) is 0. The van der Waals surface area contributed by atoms with E-state index < -0.39 is 5.97 Å². The second kappa shape index (κ2) is 8.35. The topological polar surface area (TPSA) is 59.0 Å². The summed E-state index contributed by atoms with van der Waals surface area (Å²) in [7, 11) is 1.33. The van der Waals surface area contributed by atoms with Crippen LogP contribution in [0.5, 0.6) is 0 Å². The van der Waals surface area contributed by atoms with Crippen LogP contribution in [0.2, 0.25) is 5.02 Å². The van der Waals surface area contributed by atoms with E-state index in [0.717, 1.165) is 5.56 Å². The van der Waals surface area contributed by atoms with Gasteiger partial charge in [0.05, 0.1) is 23.4 Å². The quantitative estimate of drug-likeness (QED) is 0.446. The second-order valence-electron chi connectivity index (χ2n) is 6.53. The number of ether oxygens (including phenoxy) is 1. The number of rotatable bonds is 4. The van der Waals surface area contributed by atoms with Crippen LogP contribution in [0.15, 0.2) is 89.6 Å². The van der Waals surface area contributed by atoms with E-state index >= 15 is 0 Å². The van der Waals surface area contributed by atoms with Crippen molar-refractivity contribution < 1.29 is 14.3 Å². The molecule has 4 rings (SSSR count). The predicted octanol–water partition coefficient (Wildman–Crippen LogP) is 4.96. The Bertz CT molecular complexity index is 1170. The maximum absolute atomic E-state index is 13.3. The minimum atomic E-state index is -0.416. The number of anilines is 1. The number of halogens is 1. The largest absolute Gasteiger partial charge is 0.465 e. The lowest BCUT2D eigenvalue weighted by Gasteiger charge is -2.19. The van der Waals surface area contributed by atoms with Gasteiger partial charge in [0.2, 0.25) is 0 Å². The standard InChI is InChI=1S/C24H17ClN2O3/c1-30-24(29)17-13-11-16(12-14-17)15-21-23(28)27(18-7-3-2-4-8-18)22(26-21)19-9-5-6-10-20(19)25/h2-15H,1H3/b21-15+. The van der Waals surface area contributed by atoms with Crippen molar-refractivity contribution >= 4 is 41.1 Å². The van der Waals surface area contributed by atoms with E-state index in [1.165, 1.54) is 7.11 Å². The molecule has 0 saturated heterocycles. The van der Waals surface area contributed by atoms with Crippen LogP contribution in [-0.2, 0) is 9.53 Å². The molecule has 0 aliphatic carbocycles. The molecule has 1 aliphatic rings. The molecule has 1 amide bonds. The van der Waals surface area contributed by atoms with Crippen molar-refractivity contribution in [2.24, 2.45) is 4.99 Å². The van der Waals surface area contributed by atoms with E-state index in [-0.39, 0.29) is 11.6 Å². The predicted molar refractivity (Wildman–Crippen MR) is 118 cm³/mol. The SMILES string of the molecule is COC(=O)c1ccc(/C=C2/N=C(c3ccccc3Cl)N(c3ccccc3)C2=O)cc1. The number of amides is 1. The zero-order valence-electron chi connectivity index (χ0n) is 16.1. The molecule has 0 fully saturated rings. The first-order chi connectivity index (χ1) is 14.6. The minimum Gasteiger partial charge on any atom is -0.465 e. The summed E-state index contributed by atoms with van der Waals surface area (Å²) >= 11 is 6.39. The highest BCUT2D eigenvalue weighted by Gasteiger charge is 2.33. The van der Waals surface area contributed by atoms with Crippen LogP contribution in [0.25, 0.3) is 6.08 Å². The third-order valence-corrected chi connectivity index (χ3v) is 4.95. The molecule has 0 bridgehead atoms. The highest BCUT2D eigenvalue weighted by Crippen LogP contribution is 2.30. The highest BCUT2D eigenvalue weighted by molar-refractivity contribution is 6.39. The number of carbonyl (C=O) groups excluding carboxylic acids is 2. The van der Waals surface area contributed by atoms with Gasteiger partial charge in [-0.2, -0.15) is 0 Å². The molecule has 0 saturated carbocycles. The van der Waals surface area contributed by atoms with Gasteiger partial charge in [0.15, 0.2) is 0 Å². The molecule has 1 heterocycles. The van der Waals surface area contributed by atoms with Crippen molar-refractivity contribution in [1.29, 1.82) is 0 Å². The van der Waals surface area contributed by atoms with Crippen molar-refractivity contribution in [2.75, 3.05) is 12.0 Å². The second-order valence-corrected chi connectivity index (χ2v) is 6.94. The molecule has 1 aliphatic heterocycles. The number of aliphatic imine (C=N–C) groups is 1. The summed E-state index contributed by atoms with van der Waals surface area (Å²) in [4.78, 5) is 31.0. The first kappa shape index (κ1) is 19.6. The van der Waals surface area contributed by atoms with E-state index in [1.54, 1.807) is 41.3 Å². The molecule has 0 unspecified atom stereocenters. The van der Waals surface area contributed by atoms with Gasteiger partial charge in [-0.05, 0) is 48.0 Å². The molecule has 3 aromatic rings. The van der Waals surface area contributed by atoms with E-state index in [0.29, 0.717) is 27.7 Å². The van der Waals surface area contributed by atoms with Crippen LogP contribution >= 0.6 is 11.6 Å². The van der Waals surface area contributed by atoms with Gasteiger partial charge in [-0.1, -0.05) is 54.1 Å². The fourth-order valence-corrected chi connectivity index (χ4v) is 3.37. The van der Waals surface area contributed by atoms with Crippen molar-refractivity contribution in [3.8, 4) is 0 Å². The van der Waals surface area contributed by atoms with Crippen molar-refractivity contribution in [3.05, 3.63) is 106 Å². The molecular formula is C24H17ClN2O3. The summed E-state index contributed by atoms with van der Waals surface area (Å²) in [5.74, 6) is -0.206. The lowest BCUT2D eigenvalue weighted by atomic mass is 10.1. The average Bonchev–Trinajstić information content (AvgIpc) is 3.10. The van der Waals surface area contributed by atoms with Gasteiger partial charge in [0.25, 0.3) is 5.91 Å². The van der Waals surface area contributed by atoms with Crippen LogP contribution in [0.1, 0.15) is 21.5 Å². The maximum Gasteiger partial charge on any atom is 0.337 e. The minimum absolute atomic E-state index is 0.256. The Morgan fingerprint density at radius 1 is 0.967 bits per heavy atom. The van der Waals surface area contributed by atoms with Crippen LogP contribution in [0.3, 0.4) is 0 Å². The molecule has 0 radical (unpaired) electrons. The number of carbonyl (C=O) groups is 2. The van der Waals surface area contributed by atoms with Crippen molar-refractivity contribution in [3.63, 3.8) is 0 Å².